The predicted octanol–water partition coefficient (Wildman–Crippen LogP) is 2.47. The van der Waals surface area contributed by atoms with Crippen molar-refractivity contribution in [3.8, 4) is 5.75 Å². The first-order valence-electron chi connectivity index (χ1n) is 7.09. The molecule has 116 valence electrons. The molecule has 1 aromatic carbocycles. The van der Waals surface area contributed by atoms with Gasteiger partial charge in [-0.3, -0.25) is 10.1 Å². The smallest absolute Gasteiger partial charge is 0.324 e. The van der Waals surface area contributed by atoms with Gasteiger partial charge < -0.3 is 14.2 Å². The van der Waals surface area contributed by atoms with Gasteiger partial charge in [0.2, 0.25) is 5.82 Å². The summed E-state index contributed by atoms with van der Waals surface area (Å²) in [6.45, 7) is 3.70. The molecule has 3 rings (SSSR count). The number of hydrogen-bond acceptors (Lipinski definition) is 7. The largest absolute Gasteiger partial charge is 0.485 e. The minimum Gasteiger partial charge on any atom is -0.485 e. The van der Waals surface area contributed by atoms with Crippen LogP contribution in [0.2, 0.25) is 0 Å². The maximum absolute atomic E-state index is 10.8. The molecule has 1 fully saturated rings. The fourth-order valence-corrected chi connectivity index (χ4v) is 2.41. The Hall–Kier alpha value is -2.64. The lowest BCUT2D eigenvalue weighted by atomic mass is 10.2. The first kappa shape index (κ1) is 14.3. The predicted molar refractivity (Wildman–Crippen MR) is 77.9 cm³/mol. The summed E-state index contributed by atoms with van der Waals surface area (Å²) in [5, 5.41) is 14.7. The van der Waals surface area contributed by atoms with E-state index in [-0.39, 0.29) is 12.3 Å². The third-order valence-electron chi connectivity index (χ3n) is 3.57. The minimum absolute atomic E-state index is 0.0724. The van der Waals surface area contributed by atoms with E-state index in [1.807, 2.05) is 4.90 Å². The number of nitro benzene ring substituents is 1. The van der Waals surface area contributed by atoms with Crippen molar-refractivity contribution in [1.82, 2.24) is 10.1 Å². The van der Waals surface area contributed by atoms with Crippen LogP contribution < -0.4 is 9.64 Å². The van der Waals surface area contributed by atoms with Crippen molar-refractivity contribution in [3.63, 3.8) is 0 Å². The van der Waals surface area contributed by atoms with Crippen molar-refractivity contribution in [2.24, 2.45) is 0 Å². The average molecular weight is 304 g/mol. The molecule has 0 saturated carbocycles. The molecule has 8 nitrogen and oxygen atoms in total. The zero-order valence-corrected chi connectivity index (χ0v) is 12.2. The molecule has 0 N–H and O–H groups in total. The summed E-state index contributed by atoms with van der Waals surface area (Å²) in [4.78, 5) is 16.7. The van der Waals surface area contributed by atoms with Gasteiger partial charge >= 0.3 is 6.01 Å². The number of ether oxygens (including phenoxy) is 1. The molecule has 1 saturated heterocycles. The molecule has 1 aliphatic heterocycles. The van der Waals surface area contributed by atoms with Crippen molar-refractivity contribution in [3.05, 3.63) is 39.7 Å². The lowest BCUT2D eigenvalue weighted by molar-refractivity contribution is -0.385. The molecule has 0 aliphatic carbocycles. The average Bonchev–Trinajstić information content (AvgIpc) is 3.16. The van der Waals surface area contributed by atoms with E-state index in [0.29, 0.717) is 23.2 Å². The van der Waals surface area contributed by atoms with Crippen LogP contribution in [0, 0.1) is 17.0 Å². The van der Waals surface area contributed by atoms with Crippen LogP contribution in [-0.2, 0) is 6.61 Å². The number of hydrogen-bond donors (Lipinski definition) is 0. The lowest BCUT2D eigenvalue weighted by Gasteiger charge is -2.09. The molecule has 8 heteroatoms. The first-order chi connectivity index (χ1) is 10.6. The van der Waals surface area contributed by atoms with E-state index in [9.17, 15) is 10.1 Å². The fraction of sp³-hybridized carbons (Fsp3) is 0.429. The van der Waals surface area contributed by atoms with Gasteiger partial charge in [-0.2, -0.15) is 4.98 Å². The van der Waals surface area contributed by atoms with Crippen LogP contribution in [0.5, 0.6) is 5.75 Å². The van der Waals surface area contributed by atoms with Crippen molar-refractivity contribution in [2.45, 2.75) is 26.4 Å². The van der Waals surface area contributed by atoms with Crippen molar-refractivity contribution >= 4 is 11.7 Å². The van der Waals surface area contributed by atoms with E-state index in [0.717, 1.165) is 25.9 Å². The third-order valence-corrected chi connectivity index (χ3v) is 3.57. The number of aromatic nitrogens is 2. The van der Waals surface area contributed by atoms with E-state index in [2.05, 4.69) is 10.1 Å². The van der Waals surface area contributed by atoms with Gasteiger partial charge in [-0.25, -0.2) is 0 Å². The van der Waals surface area contributed by atoms with Gasteiger partial charge in [-0.1, -0.05) is 5.16 Å². The second-order valence-electron chi connectivity index (χ2n) is 5.18. The summed E-state index contributed by atoms with van der Waals surface area (Å²) >= 11 is 0. The molecule has 1 aliphatic rings. The summed E-state index contributed by atoms with van der Waals surface area (Å²) in [6.07, 6.45) is 2.27. The number of nitro groups is 1. The molecule has 0 amide bonds. The molecule has 0 spiro atoms. The van der Waals surface area contributed by atoms with Gasteiger partial charge in [0.1, 0.15) is 5.75 Å². The van der Waals surface area contributed by atoms with E-state index in [1.165, 1.54) is 6.07 Å². The molecule has 0 bridgehead atoms. The molecule has 2 aromatic rings. The molecule has 0 radical (unpaired) electrons. The molecule has 0 unspecified atom stereocenters. The van der Waals surface area contributed by atoms with E-state index in [4.69, 9.17) is 9.26 Å². The Bertz CT molecular complexity index is 679. The van der Waals surface area contributed by atoms with Gasteiger partial charge in [-0.15, -0.1) is 0 Å². The highest BCUT2D eigenvalue weighted by Crippen LogP contribution is 2.24. The van der Waals surface area contributed by atoms with Crippen molar-refractivity contribution in [2.75, 3.05) is 18.0 Å². The van der Waals surface area contributed by atoms with Crippen LogP contribution in [0.3, 0.4) is 0 Å². The van der Waals surface area contributed by atoms with Crippen molar-refractivity contribution in [1.29, 1.82) is 0 Å². The summed E-state index contributed by atoms with van der Waals surface area (Å²) in [7, 11) is 0. The molecular formula is C14H16N4O4. The van der Waals surface area contributed by atoms with Crippen LogP contribution in [-0.4, -0.2) is 28.2 Å². The Morgan fingerprint density at radius 3 is 2.86 bits per heavy atom. The summed E-state index contributed by atoms with van der Waals surface area (Å²) in [5.41, 5.74) is 0.622. The van der Waals surface area contributed by atoms with E-state index in [1.54, 1.807) is 19.1 Å². The number of benzene rings is 1. The molecule has 22 heavy (non-hydrogen) atoms. The maximum Gasteiger partial charge on any atom is 0.324 e. The minimum atomic E-state index is -0.416. The van der Waals surface area contributed by atoms with Gasteiger partial charge in [0.25, 0.3) is 5.69 Å². The Labute approximate surface area is 126 Å². The third kappa shape index (κ3) is 3.00. The molecule has 1 aromatic heterocycles. The van der Waals surface area contributed by atoms with Gasteiger partial charge in [0.15, 0.2) is 6.61 Å². The first-order valence-corrected chi connectivity index (χ1v) is 7.09. The number of rotatable bonds is 5. The highest BCUT2D eigenvalue weighted by atomic mass is 16.6. The Balaban J connectivity index is 1.62. The molecule has 0 atom stereocenters. The summed E-state index contributed by atoms with van der Waals surface area (Å²) in [6, 6.07) is 5.14. The fourth-order valence-electron chi connectivity index (χ4n) is 2.41. The zero-order chi connectivity index (χ0) is 15.5. The number of aryl methyl sites for hydroxylation is 1. The highest BCUT2D eigenvalue weighted by molar-refractivity contribution is 5.44. The molecular weight excluding hydrogens is 288 g/mol. The highest BCUT2D eigenvalue weighted by Gasteiger charge is 2.18. The van der Waals surface area contributed by atoms with Gasteiger partial charge in [-0.05, 0) is 31.9 Å². The monoisotopic (exact) mass is 304 g/mol. The molecule has 2 heterocycles. The number of anilines is 1. The Morgan fingerprint density at radius 2 is 2.18 bits per heavy atom. The second kappa shape index (κ2) is 6.00. The normalized spacial score (nSPS) is 14.3. The quantitative estimate of drug-likeness (QED) is 0.618. The Kier molecular flexibility index (Phi) is 3.90. The topological polar surface area (TPSA) is 94.5 Å². The standard InChI is InChI=1S/C14H16N4O4/c1-10-8-11(4-5-12(10)18(19)20)21-9-13-15-14(22-16-13)17-6-2-3-7-17/h4-5,8H,2-3,6-7,9H2,1H3. The number of nitrogens with zero attached hydrogens (tertiary/aromatic N) is 4. The van der Waals surface area contributed by atoms with E-state index < -0.39 is 4.92 Å². The lowest BCUT2D eigenvalue weighted by Crippen LogP contribution is -2.17. The zero-order valence-electron chi connectivity index (χ0n) is 12.2. The van der Waals surface area contributed by atoms with Crippen LogP contribution in [0.1, 0.15) is 24.2 Å². The maximum atomic E-state index is 10.8. The van der Waals surface area contributed by atoms with Crippen LogP contribution in [0.4, 0.5) is 11.7 Å². The van der Waals surface area contributed by atoms with Gasteiger partial charge in [0.05, 0.1) is 4.92 Å². The van der Waals surface area contributed by atoms with E-state index >= 15 is 0 Å². The van der Waals surface area contributed by atoms with Gasteiger partial charge in [0, 0.05) is 24.7 Å². The summed E-state index contributed by atoms with van der Waals surface area (Å²) in [5.74, 6) is 0.994. The van der Waals surface area contributed by atoms with Crippen molar-refractivity contribution < 1.29 is 14.2 Å². The Morgan fingerprint density at radius 1 is 1.41 bits per heavy atom. The summed E-state index contributed by atoms with van der Waals surface area (Å²) < 4.78 is 10.8. The van der Waals surface area contributed by atoms with Crippen LogP contribution in [0.25, 0.3) is 0 Å². The van der Waals surface area contributed by atoms with Crippen LogP contribution in [0.15, 0.2) is 22.7 Å². The second-order valence-corrected chi connectivity index (χ2v) is 5.18. The SMILES string of the molecule is Cc1cc(OCc2noc(N3CCCC3)n2)ccc1[N+](=O)[O-]. The van der Waals surface area contributed by atoms with Crippen LogP contribution >= 0.6 is 0 Å².